The number of aryl methyl sites for hydroxylation is 2. The first kappa shape index (κ1) is 10.7. The highest BCUT2D eigenvalue weighted by atomic mass is 16.5. The normalized spacial score (nSPS) is 26.6. The van der Waals surface area contributed by atoms with Crippen molar-refractivity contribution in [2.45, 2.75) is 32.9 Å². The number of hydrogen-bond donors (Lipinski definition) is 1. The molecule has 0 saturated carbocycles. The fraction of sp³-hybridized carbons (Fsp3) is 0.538. The zero-order valence-corrected chi connectivity index (χ0v) is 9.71. The van der Waals surface area contributed by atoms with Gasteiger partial charge in [-0.05, 0) is 31.9 Å². The minimum Gasteiger partial charge on any atom is -0.375 e. The number of morpholine rings is 1. The Balaban J connectivity index is 2.27. The number of rotatable bonds is 1. The van der Waals surface area contributed by atoms with Gasteiger partial charge in [0.2, 0.25) is 0 Å². The SMILES string of the molecule is Cc1ccc(C2NCCOC2C)c(C)c1. The van der Waals surface area contributed by atoms with E-state index in [1.165, 1.54) is 16.7 Å². The van der Waals surface area contributed by atoms with Crippen molar-refractivity contribution in [1.82, 2.24) is 5.32 Å². The first-order valence-corrected chi connectivity index (χ1v) is 5.60. The van der Waals surface area contributed by atoms with Crippen LogP contribution in [0.5, 0.6) is 0 Å². The third kappa shape index (κ3) is 2.21. The van der Waals surface area contributed by atoms with Crippen molar-refractivity contribution < 1.29 is 4.74 Å². The molecule has 1 saturated heterocycles. The van der Waals surface area contributed by atoms with E-state index >= 15 is 0 Å². The van der Waals surface area contributed by atoms with Gasteiger partial charge in [-0.2, -0.15) is 0 Å². The van der Waals surface area contributed by atoms with Crippen LogP contribution in [0.15, 0.2) is 18.2 Å². The van der Waals surface area contributed by atoms with Gasteiger partial charge < -0.3 is 10.1 Å². The van der Waals surface area contributed by atoms with Crippen LogP contribution in [0.25, 0.3) is 0 Å². The quantitative estimate of drug-likeness (QED) is 0.760. The van der Waals surface area contributed by atoms with E-state index in [1.807, 2.05) is 0 Å². The van der Waals surface area contributed by atoms with Gasteiger partial charge in [-0.25, -0.2) is 0 Å². The maximum absolute atomic E-state index is 5.67. The summed E-state index contributed by atoms with van der Waals surface area (Å²) in [6.45, 7) is 8.21. The number of nitrogens with one attached hydrogen (secondary N) is 1. The smallest absolute Gasteiger partial charge is 0.0742 e. The molecule has 15 heavy (non-hydrogen) atoms. The standard InChI is InChI=1S/C13H19NO/c1-9-4-5-12(10(2)8-9)13-11(3)15-7-6-14-13/h4-5,8,11,13-14H,6-7H2,1-3H3. The fourth-order valence-electron chi connectivity index (χ4n) is 2.26. The van der Waals surface area contributed by atoms with E-state index in [4.69, 9.17) is 4.74 Å². The summed E-state index contributed by atoms with van der Waals surface area (Å²) >= 11 is 0. The molecule has 0 bridgehead atoms. The Hall–Kier alpha value is -0.860. The highest BCUT2D eigenvalue weighted by molar-refractivity contribution is 5.33. The van der Waals surface area contributed by atoms with Crippen LogP contribution in [0.4, 0.5) is 0 Å². The van der Waals surface area contributed by atoms with Gasteiger partial charge in [0.05, 0.1) is 18.8 Å². The van der Waals surface area contributed by atoms with Gasteiger partial charge in [0.25, 0.3) is 0 Å². The van der Waals surface area contributed by atoms with Crippen LogP contribution in [0.2, 0.25) is 0 Å². The first-order valence-electron chi connectivity index (χ1n) is 5.60. The third-order valence-electron chi connectivity index (χ3n) is 3.08. The van der Waals surface area contributed by atoms with Crippen molar-refractivity contribution in [3.05, 3.63) is 34.9 Å². The molecule has 1 fully saturated rings. The van der Waals surface area contributed by atoms with Crippen molar-refractivity contribution in [2.75, 3.05) is 13.2 Å². The molecule has 1 aliphatic heterocycles. The molecule has 1 heterocycles. The summed E-state index contributed by atoms with van der Waals surface area (Å²) in [5, 5.41) is 3.52. The van der Waals surface area contributed by atoms with Crippen LogP contribution in [-0.4, -0.2) is 19.3 Å². The lowest BCUT2D eigenvalue weighted by molar-refractivity contribution is 0.00739. The lowest BCUT2D eigenvalue weighted by Gasteiger charge is -2.31. The van der Waals surface area contributed by atoms with Gasteiger partial charge in [-0.3, -0.25) is 0 Å². The Labute approximate surface area is 91.6 Å². The van der Waals surface area contributed by atoms with E-state index in [0.29, 0.717) is 6.04 Å². The van der Waals surface area contributed by atoms with Gasteiger partial charge in [0, 0.05) is 6.54 Å². The van der Waals surface area contributed by atoms with E-state index in [-0.39, 0.29) is 6.10 Å². The van der Waals surface area contributed by atoms with Crippen LogP contribution in [-0.2, 0) is 4.74 Å². The molecule has 2 nitrogen and oxygen atoms in total. The Morgan fingerprint density at radius 1 is 1.33 bits per heavy atom. The van der Waals surface area contributed by atoms with E-state index in [2.05, 4.69) is 44.3 Å². The second kappa shape index (κ2) is 4.33. The first-order chi connectivity index (χ1) is 7.18. The molecule has 1 aromatic rings. The maximum atomic E-state index is 5.67. The number of ether oxygens (including phenoxy) is 1. The monoisotopic (exact) mass is 205 g/mol. The second-order valence-corrected chi connectivity index (χ2v) is 4.37. The van der Waals surface area contributed by atoms with Crippen LogP contribution >= 0.6 is 0 Å². The number of hydrogen-bond acceptors (Lipinski definition) is 2. The molecule has 1 aromatic carbocycles. The Kier molecular flexibility index (Phi) is 3.08. The largest absolute Gasteiger partial charge is 0.375 e. The molecule has 2 rings (SSSR count). The molecule has 2 heteroatoms. The molecular formula is C13H19NO. The van der Waals surface area contributed by atoms with Gasteiger partial charge in [-0.15, -0.1) is 0 Å². The second-order valence-electron chi connectivity index (χ2n) is 4.37. The van der Waals surface area contributed by atoms with Crippen molar-refractivity contribution in [3.8, 4) is 0 Å². The predicted octanol–water partition coefficient (Wildman–Crippen LogP) is 2.35. The highest BCUT2D eigenvalue weighted by Gasteiger charge is 2.23. The van der Waals surface area contributed by atoms with E-state index in [9.17, 15) is 0 Å². The zero-order valence-electron chi connectivity index (χ0n) is 9.71. The van der Waals surface area contributed by atoms with Gasteiger partial charge in [-0.1, -0.05) is 23.8 Å². The summed E-state index contributed by atoms with van der Waals surface area (Å²) < 4.78 is 5.67. The molecular weight excluding hydrogens is 186 g/mol. The fourth-order valence-corrected chi connectivity index (χ4v) is 2.26. The van der Waals surface area contributed by atoms with Gasteiger partial charge in [0.15, 0.2) is 0 Å². The van der Waals surface area contributed by atoms with Crippen LogP contribution in [0.1, 0.15) is 29.7 Å². The average Bonchev–Trinajstić information content (AvgIpc) is 2.20. The predicted molar refractivity (Wildman–Crippen MR) is 62.1 cm³/mol. The molecule has 0 spiro atoms. The minimum absolute atomic E-state index is 0.264. The molecule has 2 atom stereocenters. The van der Waals surface area contributed by atoms with E-state index in [0.717, 1.165) is 13.2 Å². The third-order valence-corrected chi connectivity index (χ3v) is 3.08. The van der Waals surface area contributed by atoms with Gasteiger partial charge >= 0.3 is 0 Å². The molecule has 2 unspecified atom stereocenters. The summed E-state index contributed by atoms with van der Waals surface area (Å²) in [6.07, 6.45) is 0.264. The van der Waals surface area contributed by atoms with E-state index < -0.39 is 0 Å². The lowest BCUT2D eigenvalue weighted by Crippen LogP contribution is -2.40. The van der Waals surface area contributed by atoms with Crippen molar-refractivity contribution in [2.24, 2.45) is 0 Å². The molecule has 82 valence electrons. The summed E-state index contributed by atoms with van der Waals surface area (Å²) in [4.78, 5) is 0. The van der Waals surface area contributed by atoms with Crippen LogP contribution in [0.3, 0.4) is 0 Å². The zero-order chi connectivity index (χ0) is 10.8. The lowest BCUT2D eigenvalue weighted by atomic mass is 9.95. The molecule has 0 aliphatic carbocycles. The Morgan fingerprint density at radius 3 is 2.80 bits per heavy atom. The Morgan fingerprint density at radius 2 is 2.13 bits per heavy atom. The summed E-state index contributed by atoms with van der Waals surface area (Å²) in [6, 6.07) is 6.97. The maximum Gasteiger partial charge on any atom is 0.0742 e. The molecule has 0 amide bonds. The molecule has 1 N–H and O–H groups in total. The highest BCUT2D eigenvalue weighted by Crippen LogP contribution is 2.25. The van der Waals surface area contributed by atoms with Crippen LogP contribution < -0.4 is 5.32 Å². The average molecular weight is 205 g/mol. The summed E-state index contributed by atoms with van der Waals surface area (Å²) in [5.74, 6) is 0. The van der Waals surface area contributed by atoms with E-state index in [1.54, 1.807) is 0 Å². The van der Waals surface area contributed by atoms with Crippen LogP contribution in [0, 0.1) is 13.8 Å². The molecule has 1 aliphatic rings. The summed E-state index contributed by atoms with van der Waals surface area (Å²) in [5.41, 5.74) is 4.04. The minimum atomic E-state index is 0.264. The van der Waals surface area contributed by atoms with Crippen molar-refractivity contribution in [1.29, 1.82) is 0 Å². The Bertz CT molecular complexity index is 348. The molecule has 0 aromatic heterocycles. The molecule has 0 radical (unpaired) electrons. The van der Waals surface area contributed by atoms with Crippen molar-refractivity contribution >= 4 is 0 Å². The van der Waals surface area contributed by atoms with Gasteiger partial charge in [0.1, 0.15) is 0 Å². The summed E-state index contributed by atoms with van der Waals surface area (Å²) in [7, 11) is 0. The number of benzene rings is 1. The van der Waals surface area contributed by atoms with Crippen molar-refractivity contribution in [3.63, 3.8) is 0 Å². The topological polar surface area (TPSA) is 21.3 Å².